The van der Waals surface area contributed by atoms with Crippen LogP contribution in [0.2, 0.25) is 0 Å². The van der Waals surface area contributed by atoms with Crippen molar-refractivity contribution in [1.82, 2.24) is 5.32 Å². The minimum atomic E-state index is -3.87. The van der Waals surface area contributed by atoms with E-state index in [4.69, 9.17) is 4.74 Å². The third kappa shape index (κ3) is 4.37. The van der Waals surface area contributed by atoms with Crippen molar-refractivity contribution in [3.8, 4) is 0 Å². The van der Waals surface area contributed by atoms with Crippen LogP contribution in [0.1, 0.15) is 17.3 Å². The molecule has 1 atom stereocenters. The topological polar surface area (TPSA) is 75.7 Å². The molecule has 134 valence electrons. The number of nitrogens with zero attached hydrogens (tertiary/aromatic N) is 1. The highest BCUT2D eigenvalue weighted by Crippen LogP contribution is 2.24. The zero-order valence-corrected chi connectivity index (χ0v) is 15.3. The summed E-state index contributed by atoms with van der Waals surface area (Å²) in [6.07, 6.45) is 0. The lowest BCUT2D eigenvalue weighted by Crippen LogP contribution is -2.37. The standard InChI is InChI=1S/C18H22N2O4S/c1-14(13-24-3)19-18(21)16-11-7-8-12-17(16)25(22,23)20(2)15-9-5-4-6-10-15/h4-12,14H,13H2,1-3H3,(H,19,21). The molecule has 25 heavy (non-hydrogen) atoms. The number of benzene rings is 2. The molecule has 6 nitrogen and oxygen atoms in total. The Morgan fingerprint density at radius 1 is 1.12 bits per heavy atom. The number of hydrogen-bond acceptors (Lipinski definition) is 4. The van der Waals surface area contributed by atoms with E-state index >= 15 is 0 Å². The molecule has 0 heterocycles. The number of carbonyl (C=O) groups is 1. The molecule has 0 saturated heterocycles. The van der Waals surface area contributed by atoms with Crippen molar-refractivity contribution in [2.75, 3.05) is 25.1 Å². The number of amides is 1. The zero-order chi connectivity index (χ0) is 18.4. The Labute approximate surface area is 148 Å². The summed E-state index contributed by atoms with van der Waals surface area (Å²) in [5.74, 6) is -0.454. The van der Waals surface area contributed by atoms with Gasteiger partial charge in [0, 0.05) is 20.2 Å². The van der Waals surface area contributed by atoms with Crippen LogP contribution in [0.5, 0.6) is 0 Å². The molecule has 0 aromatic heterocycles. The quantitative estimate of drug-likeness (QED) is 0.820. The van der Waals surface area contributed by atoms with Crippen LogP contribution in [0.3, 0.4) is 0 Å². The highest BCUT2D eigenvalue weighted by atomic mass is 32.2. The lowest BCUT2D eigenvalue weighted by Gasteiger charge is -2.21. The monoisotopic (exact) mass is 362 g/mol. The molecule has 1 amide bonds. The number of methoxy groups -OCH3 is 1. The van der Waals surface area contributed by atoms with E-state index in [1.807, 2.05) is 6.07 Å². The first-order valence-corrected chi connectivity index (χ1v) is 9.24. The maximum Gasteiger partial charge on any atom is 0.264 e. The van der Waals surface area contributed by atoms with Crippen molar-refractivity contribution in [3.63, 3.8) is 0 Å². The van der Waals surface area contributed by atoms with Crippen LogP contribution in [0, 0.1) is 0 Å². The first-order valence-electron chi connectivity index (χ1n) is 7.80. The molecule has 2 aromatic rings. The summed E-state index contributed by atoms with van der Waals surface area (Å²) < 4.78 is 32.1. The number of para-hydroxylation sites is 1. The van der Waals surface area contributed by atoms with Gasteiger partial charge in [-0.2, -0.15) is 0 Å². The van der Waals surface area contributed by atoms with Crippen molar-refractivity contribution in [1.29, 1.82) is 0 Å². The summed E-state index contributed by atoms with van der Waals surface area (Å²) in [6, 6.07) is 14.6. The Morgan fingerprint density at radius 2 is 1.72 bits per heavy atom. The van der Waals surface area contributed by atoms with E-state index in [-0.39, 0.29) is 16.5 Å². The lowest BCUT2D eigenvalue weighted by molar-refractivity contribution is 0.0902. The van der Waals surface area contributed by atoms with Gasteiger partial charge in [0.25, 0.3) is 15.9 Å². The number of hydrogen-bond donors (Lipinski definition) is 1. The normalized spacial score (nSPS) is 12.4. The van der Waals surface area contributed by atoms with Gasteiger partial charge in [0.05, 0.1) is 17.9 Å². The smallest absolute Gasteiger partial charge is 0.264 e. The second kappa shape index (κ2) is 8.13. The van der Waals surface area contributed by atoms with E-state index in [1.54, 1.807) is 43.3 Å². The summed E-state index contributed by atoms with van der Waals surface area (Å²) in [5, 5.41) is 2.74. The fourth-order valence-electron chi connectivity index (χ4n) is 2.40. The Kier molecular flexibility index (Phi) is 6.17. The molecule has 0 spiro atoms. The number of ether oxygens (including phenoxy) is 1. The number of rotatable bonds is 7. The maximum atomic E-state index is 13.0. The highest BCUT2D eigenvalue weighted by Gasteiger charge is 2.27. The summed E-state index contributed by atoms with van der Waals surface area (Å²) in [6.45, 7) is 2.12. The van der Waals surface area contributed by atoms with Crippen molar-refractivity contribution < 1.29 is 17.9 Å². The van der Waals surface area contributed by atoms with Crippen molar-refractivity contribution >= 4 is 21.6 Å². The van der Waals surface area contributed by atoms with E-state index in [1.165, 1.54) is 26.3 Å². The van der Waals surface area contributed by atoms with Gasteiger partial charge >= 0.3 is 0 Å². The number of anilines is 1. The second-order valence-electron chi connectivity index (χ2n) is 5.63. The van der Waals surface area contributed by atoms with Gasteiger partial charge < -0.3 is 10.1 Å². The molecule has 0 bridgehead atoms. The van der Waals surface area contributed by atoms with Crippen LogP contribution in [0.15, 0.2) is 59.5 Å². The molecule has 0 aliphatic heterocycles. The average Bonchev–Trinajstić information content (AvgIpc) is 2.62. The van der Waals surface area contributed by atoms with Gasteiger partial charge in [0.2, 0.25) is 0 Å². The molecular weight excluding hydrogens is 340 g/mol. The SMILES string of the molecule is COCC(C)NC(=O)c1ccccc1S(=O)(=O)N(C)c1ccccc1. The Balaban J connectivity index is 2.38. The molecule has 0 saturated carbocycles. The molecule has 0 radical (unpaired) electrons. The average molecular weight is 362 g/mol. The van der Waals surface area contributed by atoms with Crippen molar-refractivity contribution in [2.24, 2.45) is 0 Å². The predicted octanol–water partition coefficient (Wildman–Crippen LogP) is 2.28. The van der Waals surface area contributed by atoms with Gasteiger partial charge in [-0.25, -0.2) is 8.42 Å². The largest absolute Gasteiger partial charge is 0.383 e. The van der Waals surface area contributed by atoms with Gasteiger partial charge in [0.15, 0.2) is 0 Å². The number of nitrogens with one attached hydrogen (secondary N) is 1. The minimum absolute atomic E-state index is 0.0385. The lowest BCUT2D eigenvalue weighted by atomic mass is 10.2. The van der Waals surface area contributed by atoms with E-state index < -0.39 is 15.9 Å². The van der Waals surface area contributed by atoms with E-state index in [9.17, 15) is 13.2 Å². The van der Waals surface area contributed by atoms with Gasteiger partial charge in [-0.1, -0.05) is 30.3 Å². The predicted molar refractivity (Wildman–Crippen MR) is 97.3 cm³/mol. The molecule has 1 unspecified atom stereocenters. The fraction of sp³-hybridized carbons (Fsp3) is 0.278. The van der Waals surface area contributed by atoms with Gasteiger partial charge in [0.1, 0.15) is 4.90 Å². The Morgan fingerprint density at radius 3 is 2.36 bits per heavy atom. The van der Waals surface area contributed by atoms with E-state index in [0.717, 1.165) is 4.31 Å². The van der Waals surface area contributed by atoms with Crippen LogP contribution in [0.25, 0.3) is 0 Å². The van der Waals surface area contributed by atoms with Crippen LogP contribution in [0.4, 0.5) is 5.69 Å². The summed E-state index contributed by atoms with van der Waals surface area (Å²) in [5.41, 5.74) is 0.624. The van der Waals surface area contributed by atoms with Crippen LogP contribution in [-0.2, 0) is 14.8 Å². The molecule has 1 N–H and O–H groups in total. The van der Waals surface area contributed by atoms with E-state index in [2.05, 4.69) is 5.32 Å². The van der Waals surface area contributed by atoms with Gasteiger partial charge in [-0.15, -0.1) is 0 Å². The van der Waals surface area contributed by atoms with Crippen LogP contribution < -0.4 is 9.62 Å². The van der Waals surface area contributed by atoms with Crippen molar-refractivity contribution in [2.45, 2.75) is 17.9 Å². The molecule has 7 heteroatoms. The first kappa shape index (κ1) is 19.0. The zero-order valence-electron chi connectivity index (χ0n) is 14.5. The highest BCUT2D eigenvalue weighted by molar-refractivity contribution is 7.92. The van der Waals surface area contributed by atoms with Gasteiger partial charge in [-0.05, 0) is 31.2 Å². The molecule has 0 aliphatic carbocycles. The third-order valence-corrected chi connectivity index (χ3v) is 5.53. The fourth-order valence-corrected chi connectivity index (χ4v) is 3.78. The Bertz CT molecular complexity index is 822. The third-order valence-electron chi connectivity index (χ3n) is 3.68. The number of sulfonamides is 1. The summed E-state index contributed by atoms with van der Waals surface area (Å²) in [7, 11) is -0.872. The summed E-state index contributed by atoms with van der Waals surface area (Å²) >= 11 is 0. The minimum Gasteiger partial charge on any atom is -0.383 e. The Hall–Kier alpha value is -2.38. The number of carbonyl (C=O) groups excluding carboxylic acids is 1. The van der Waals surface area contributed by atoms with Crippen molar-refractivity contribution in [3.05, 3.63) is 60.2 Å². The summed E-state index contributed by atoms with van der Waals surface area (Å²) in [4.78, 5) is 12.5. The van der Waals surface area contributed by atoms with Crippen LogP contribution >= 0.6 is 0 Å². The first-order chi connectivity index (χ1) is 11.9. The molecule has 2 aromatic carbocycles. The van der Waals surface area contributed by atoms with E-state index in [0.29, 0.717) is 12.3 Å². The molecular formula is C18H22N2O4S. The molecule has 2 rings (SSSR count). The van der Waals surface area contributed by atoms with Gasteiger partial charge in [-0.3, -0.25) is 9.10 Å². The molecule has 0 fully saturated rings. The maximum absolute atomic E-state index is 13.0. The molecule has 0 aliphatic rings. The van der Waals surface area contributed by atoms with Crippen LogP contribution in [-0.4, -0.2) is 41.1 Å². The second-order valence-corrected chi connectivity index (χ2v) is 7.57.